The van der Waals surface area contributed by atoms with Gasteiger partial charge in [-0.1, -0.05) is 42.0 Å². The molecule has 0 saturated heterocycles. The average Bonchev–Trinajstić information content (AvgIpc) is 2.38. The minimum atomic E-state index is 0.732. The maximum Gasteiger partial charge on any atom is 0.101 e. The van der Waals surface area contributed by atoms with Crippen LogP contribution in [0, 0.1) is 25.2 Å². The zero-order valence-corrected chi connectivity index (χ0v) is 11.6. The molecule has 2 aromatic rings. The van der Waals surface area contributed by atoms with Crippen molar-refractivity contribution < 1.29 is 0 Å². The quantitative estimate of drug-likeness (QED) is 0.828. The van der Waals surface area contributed by atoms with Crippen molar-refractivity contribution in [1.29, 1.82) is 5.26 Å². The Balaban J connectivity index is 2.30. The van der Waals surface area contributed by atoms with Crippen LogP contribution in [0.25, 0.3) is 0 Å². The highest BCUT2D eigenvalue weighted by molar-refractivity contribution is 5.63. The molecule has 0 amide bonds. The minimum absolute atomic E-state index is 0.732. The van der Waals surface area contributed by atoms with Crippen molar-refractivity contribution in [2.45, 2.75) is 20.4 Å². The van der Waals surface area contributed by atoms with Crippen molar-refractivity contribution in [2.75, 3.05) is 11.9 Å². The normalized spacial score (nSPS) is 10.0. The van der Waals surface area contributed by atoms with Gasteiger partial charge in [0.25, 0.3) is 0 Å². The number of nitrogens with zero attached hydrogens (tertiary/aromatic N) is 2. The Hall–Kier alpha value is -2.27. The SMILES string of the molecule is Cc1cccc(CN(C)c2c(C)cccc2C#N)c1. The van der Waals surface area contributed by atoms with Crippen molar-refractivity contribution in [3.63, 3.8) is 0 Å². The van der Waals surface area contributed by atoms with E-state index in [-0.39, 0.29) is 0 Å². The van der Waals surface area contributed by atoms with E-state index in [1.165, 1.54) is 11.1 Å². The van der Waals surface area contributed by atoms with Crippen molar-refractivity contribution >= 4 is 5.69 Å². The fourth-order valence-electron chi connectivity index (χ4n) is 2.42. The van der Waals surface area contributed by atoms with Gasteiger partial charge < -0.3 is 4.90 Å². The molecule has 0 N–H and O–H groups in total. The molecule has 2 nitrogen and oxygen atoms in total. The first kappa shape index (κ1) is 13.2. The van der Waals surface area contributed by atoms with Gasteiger partial charge in [0.15, 0.2) is 0 Å². The third kappa shape index (κ3) is 2.95. The number of nitriles is 1. The summed E-state index contributed by atoms with van der Waals surface area (Å²) in [5, 5.41) is 9.23. The van der Waals surface area contributed by atoms with Gasteiger partial charge in [0.1, 0.15) is 6.07 Å². The van der Waals surface area contributed by atoms with Crippen molar-refractivity contribution in [2.24, 2.45) is 0 Å². The Morgan fingerprint density at radius 1 is 1.11 bits per heavy atom. The number of benzene rings is 2. The van der Waals surface area contributed by atoms with Crippen molar-refractivity contribution in [3.8, 4) is 6.07 Å². The lowest BCUT2D eigenvalue weighted by Gasteiger charge is -2.23. The van der Waals surface area contributed by atoms with E-state index in [1.807, 2.05) is 32.2 Å². The number of hydrogen-bond donors (Lipinski definition) is 0. The summed E-state index contributed by atoms with van der Waals surface area (Å²) in [7, 11) is 2.03. The first-order valence-corrected chi connectivity index (χ1v) is 6.38. The molecule has 2 aromatic carbocycles. The summed E-state index contributed by atoms with van der Waals surface area (Å²) in [6, 6.07) is 16.6. The van der Waals surface area contributed by atoms with Gasteiger partial charge in [0.2, 0.25) is 0 Å². The summed E-state index contributed by atoms with van der Waals surface area (Å²) in [5.74, 6) is 0. The van der Waals surface area contributed by atoms with E-state index in [0.717, 1.165) is 23.4 Å². The van der Waals surface area contributed by atoms with Gasteiger partial charge in [-0.3, -0.25) is 0 Å². The van der Waals surface area contributed by atoms with E-state index in [4.69, 9.17) is 0 Å². The molecule has 0 aliphatic carbocycles. The van der Waals surface area contributed by atoms with Crippen LogP contribution in [-0.4, -0.2) is 7.05 Å². The molecule has 2 heteroatoms. The van der Waals surface area contributed by atoms with E-state index in [1.54, 1.807) is 0 Å². The predicted octanol–water partition coefficient (Wildman–Crippen LogP) is 3.81. The Morgan fingerprint density at radius 2 is 1.84 bits per heavy atom. The predicted molar refractivity (Wildman–Crippen MR) is 79.2 cm³/mol. The summed E-state index contributed by atoms with van der Waals surface area (Å²) < 4.78 is 0. The molecular formula is C17H18N2. The van der Waals surface area contributed by atoms with Gasteiger partial charge in [0, 0.05) is 13.6 Å². The van der Waals surface area contributed by atoms with E-state index < -0.39 is 0 Å². The Kier molecular flexibility index (Phi) is 3.87. The highest BCUT2D eigenvalue weighted by Gasteiger charge is 2.10. The molecule has 0 aliphatic heterocycles. The second kappa shape index (κ2) is 5.58. The smallest absolute Gasteiger partial charge is 0.101 e. The molecule has 0 radical (unpaired) electrons. The summed E-state index contributed by atoms with van der Waals surface area (Å²) in [6.45, 7) is 4.95. The highest BCUT2D eigenvalue weighted by atomic mass is 15.1. The summed E-state index contributed by atoms with van der Waals surface area (Å²) in [6.07, 6.45) is 0. The minimum Gasteiger partial charge on any atom is -0.369 e. The molecule has 0 unspecified atom stereocenters. The van der Waals surface area contributed by atoms with Crippen LogP contribution in [0.2, 0.25) is 0 Å². The summed E-state index contributed by atoms with van der Waals surface area (Å²) in [4.78, 5) is 2.14. The maximum absolute atomic E-state index is 9.23. The number of aryl methyl sites for hydroxylation is 2. The van der Waals surface area contributed by atoms with Crippen molar-refractivity contribution in [1.82, 2.24) is 0 Å². The summed E-state index contributed by atoms with van der Waals surface area (Å²) in [5.41, 5.74) is 5.40. The molecule has 0 heterocycles. The number of para-hydroxylation sites is 1. The molecule has 96 valence electrons. The number of anilines is 1. The van der Waals surface area contributed by atoms with E-state index in [0.29, 0.717) is 0 Å². The lowest BCUT2D eigenvalue weighted by atomic mass is 10.1. The molecule has 0 bridgehead atoms. The zero-order valence-electron chi connectivity index (χ0n) is 11.6. The molecule has 0 aliphatic rings. The summed E-state index contributed by atoms with van der Waals surface area (Å²) >= 11 is 0. The van der Waals surface area contributed by atoms with Gasteiger partial charge in [-0.25, -0.2) is 0 Å². The van der Waals surface area contributed by atoms with Crippen LogP contribution >= 0.6 is 0 Å². The largest absolute Gasteiger partial charge is 0.369 e. The second-order valence-corrected chi connectivity index (χ2v) is 4.93. The number of hydrogen-bond acceptors (Lipinski definition) is 2. The van der Waals surface area contributed by atoms with Gasteiger partial charge in [-0.2, -0.15) is 5.26 Å². The van der Waals surface area contributed by atoms with E-state index in [2.05, 4.69) is 42.2 Å². The Bertz CT molecular complexity index is 623. The first-order chi connectivity index (χ1) is 9.11. The van der Waals surface area contributed by atoms with Crippen LogP contribution in [0.3, 0.4) is 0 Å². The topological polar surface area (TPSA) is 27.0 Å². The fraction of sp³-hybridized carbons (Fsp3) is 0.235. The van der Waals surface area contributed by atoms with Gasteiger partial charge in [0.05, 0.1) is 11.3 Å². The van der Waals surface area contributed by atoms with Gasteiger partial charge in [-0.05, 0) is 31.0 Å². The lowest BCUT2D eigenvalue weighted by Crippen LogP contribution is -2.18. The second-order valence-electron chi connectivity index (χ2n) is 4.93. The molecule has 2 rings (SSSR count). The molecule has 0 atom stereocenters. The Labute approximate surface area is 114 Å². The molecule has 0 spiro atoms. The van der Waals surface area contributed by atoms with E-state index >= 15 is 0 Å². The van der Waals surface area contributed by atoms with Crippen LogP contribution in [0.1, 0.15) is 22.3 Å². The van der Waals surface area contributed by atoms with Crippen LogP contribution in [0.5, 0.6) is 0 Å². The average molecular weight is 250 g/mol. The van der Waals surface area contributed by atoms with Crippen molar-refractivity contribution in [3.05, 3.63) is 64.7 Å². The zero-order chi connectivity index (χ0) is 13.8. The van der Waals surface area contributed by atoms with Gasteiger partial charge >= 0.3 is 0 Å². The third-order valence-electron chi connectivity index (χ3n) is 3.24. The molecular weight excluding hydrogens is 232 g/mol. The number of rotatable bonds is 3. The molecule has 0 saturated carbocycles. The highest BCUT2D eigenvalue weighted by Crippen LogP contribution is 2.25. The standard InChI is InChI=1S/C17H18N2/c1-13-6-4-8-15(10-13)12-19(3)17-14(2)7-5-9-16(17)11-18/h4-10H,12H2,1-3H3. The monoisotopic (exact) mass is 250 g/mol. The molecule has 0 aromatic heterocycles. The Morgan fingerprint density at radius 3 is 2.53 bits per heavy atom. The van der Waals surface area contributed by atoms with Crippen LogP contribution in [0.4, 0.5) is 5.69 Å². The lowest BCUT2D eigenvalue weighted by molar-refractivity contribution is 0.913. The maximum atomic E-state index is 9.23. The van der Waals surface area contributed by atoms with Crippen LogP contribution < -0.4 is 4.90 Å². The molecule has 0 fully saturated rings. The van der Waals surface area contributed by atoms with E-state index in [9.17, 15) is 5.26 Å². The molecule has 19 heavy (non-hydrogen) atoms. The van der Waals surface area contributed by atoms with Crippen LogP contribution in [0.15, 0.2) is 42.5 Å². The first-order valence-electron chi connectivity index (χ1n) is 6.38. The van der Waals surface area contributed by atoms with Gasteiger partial charge in [-0.15, -0.1) is 0 Å². The fourth-order valence-corrected chi connectivity index (χ4v) is 2.42. The third-order valence-corrected chi connectivity index (χ3v) is 3.24. The van der Waals surface area contributed by atoms with Crippen LogP contribution in [-0.2, 0) is 6.54 Å².